The van der Waals surface area contributed by atoms with Gasteiger partial charge in [-0.15, -0.1) is 0 Å². The Kier molecular flexibility index (Phi) is 4.41. The van der Waals surface area contributed by atoms with Gasteiger partial charge in [0.2, 0.25) is 0 Å². The summed E-state index contributed by atoms with van der Waals surface area (Å²) in [7, 11) is 1.31. The molecule has 7 heteroatoms. The first-order valence-corrected chi connectivity index (χ1v) is 6.76. The van der Waals surface area contributed by atoms with E-state index in [1.165, 1.54) is 24.9 Å². The maximum atomic E-state index is 12.0. The molecule has 2 N–H and O–H groups in total. The Morgan fingerprint density at radius 2 is 2.25 bits per heavy atom. The highest BCUT2D eigenvalue weighted by molar-refractivity contribution is 7.99. The molecule has 2 rings (SSSR count). The molecule has 0 unspecified atom stereocenters. The molecule has 104 valence electrons. The molecule has 0 aliphatic carbocycles. The van der Waals surface area contributed by atoms with Gasteiger partial charge in [0.1, 0.15) is 0 Å². The minimum atomic E-state index is -0.429. The second-order valence-electron chi connectivity index (χ2n) is 3.82. The summed E-state index contributed by atoms with van der Waals surface area (Å²) < 4.78 is 5.49. The fourth-order valence-electron chi connectivity index (χ4n) is 1.56. The first-order valence-electron chi connectivity index (χ1n) is 5.77. The fourth-order valence-corrected chi connectivity index (χ4v) is 2.29. The van der Waals surface area contributed by atoms with Gasteiger partial charge in [-0.1, -0.05) is 30.0 Å². The Labute approximate surface area is 119 Å². The number of esters is 1. The number of para-hydroxylation sites is 1. The molecule has 1 aromatic heterocycles. The lowest BCUT2D eigenvalue weighted by molar-refractivity contribution is -0.134. The number of nitrogens with zero attached hydrogens (tertiary/aromatic N) is 2. The van der Waals surface area contributed by atoms with Crippen molar-refractivity contribution in [1.29, 1.82) is 0 Å². The lowest BCUT2D eigenvalue weighted by Gasteiger charge is -2.06. The number of benzene rings is 1. The van der Waals surface area contributed by atoms with E-state index in [1.54, 1.807) is 30.3 Å². The van der Waals surface area contributed by atoms with E-state index in [0.29, 0.717) is 21.8 Å². The zero-order chi connectivity index (χ0) is 14.5. The van der Waals surface area contributed by atoms with Crippen molar-refractivity contribution in [2.45, 2.75) is 5.16 Å². The number of methoxy groups -OCH3 is 1. The van der Waals surface area contributed by atoms with Gasteiger partial charge < -0.3 is 10.6 Å². The average Bonchev–Trinajstić information content (AvgIpc) is 2.48. The van der Waals surface area contributed by atoms with Crippen LogP contribution in [0, 0.1) is 0 Å². The largest absolute Gasteiger partial charge is 0.466 e. The average molecular weight is 291 g/mol. The third-order valence-electron chi connectivity index (χ3n) is 2.54. The molecule has 0 saturated heterocycles. The molecule has 1 heterocycles. The quantitative estimate of drug-likeness (QED) is 0.296. The number of carbonyl (C=O) groups is 1. The fraction of sp³-hybridized carbons (Fsp3) is 0.154. The highest BCUT2D eigenvalue weighted by Gasteiger charge is 2.08. The molecule has 0 aliphatic heterocycles. The Morgan fingerprint density at radius 3 is 3.00 bits per heavy atom. The summed E-state index contributed by atoms with van der Waals surface area (Å²) in [5.74, 6) is 5.75. The van der Waals surface area contributed by atoms with Crippen LogP contribution in [0.15, 0.2) is 46.4 Å². The van der Waals surface area contributed by atoms with Crippen LogP contribution in [-0.4, -0.2) is 28.5 Å². The lowest BCUT2D eigenvalue weighted by Crippen LogP contribution is -2.29. The summed E-state index contributed by atoms with van der Waals surface area (Å²) in [5, 5.41) is 0.868. The van der Waals surface area contributed by atoms with Crippen molar-refractivity contribution >= 4 is 28.6 Å². The monoisotopic (exact) mass is 291 g/mol. The van der Waals surface area contributed by atoms with Gasteiger partial charge in [-0.2, -0.15) is 0 Å². The van der Waals surface area contributed by atoms with E-state index >= 15 is 0 Å². The van der Waals surface area contributed by atoms with Gasteiger partial charge in [0.05, 0.1) is 18.0 Å². The minimum absolute atomic E-state index is 0.296. The maximum Gasteiger partial charge on any atom is 0.330 e. The van der Waals surface area contributed by atoms with Crippen LogP contribution in [0.4, 0.5) is 0 Å². The summed E-state index contributed by atoms with van der Waals surface area (Å²) in [4.78, 5) is 27.3. The predicted octanol–water partition coefficient (Wildman–Crippen LogP) is 0.932. The topological polar surface area (TPSA) is 87.2 Å². The Bertz CT molecular complexity index is 724. The van der Waals surface area contributed by atoms with Crippen molar-refractivity contribution in [3.05, 3.63) is 46.8 Å². The number of nitrogen functional groups attached to an aromatic ring is 1. The molecule has 0 bridgehead atoms. The lowest BCUT2D eigenvalue weighted by atomic mass is 10.2. The number of hydrogen-bond donors (Lipinski definition) is 1. The standard InChI is InChI=1S/C13H13N3O3S/c1-19-11(17)7-4-8-20-13-15-10-6-3-2-5-9(10)12(18)16(13)14/h2-7H,8,14H2,1H3. The zero-order valence-electron chi connectivity index (χ0n) is 10.8. The zero-order valence-corrected chi connectivity index (χ0v) is 11.6. The van der Waals surface area contributed by atoms with Crippen molar-refractivity contribution in [2.24, 2.45) is 0 Å². The number of nitrogens with two attached hydrogens (primary N) is 1. The first kappa shape index (κ1) is 14.1. The van der Waals surface area contributed by atoms with Crippen LogP contribution >= 0.6 is 11.8 Å². The molecule has 0 spiro atoms. The van der Waals surface area contributed by atoms with Crippen molar-refractivity contribution < 1.29 is 9.53 Å². The van der Waals surface area contributed by atoms with Gasteiger partial charge in [-0.25, -0.2) is 14.5 Å². The molecular weight excluding hydrogens is 278 g/mol. The van der Waals surface area contributed by atoms with Crippen molar-refractivity contribution in [2.75, 3.05) is 18.7 Å². The van der Waals surface area contributed by atoms with E-state index in [1.807, 2.05) is 0 Å². The highest BCUT2D eigenvalue weighted by atomic mass is 32.2. The number of hydrogen-bond acceptors (Lipinski definition) is 6. The summed E-state index contributed by atoms with van der Waals surface area (Å²) in [6, 6.07) is 7.00. The Balaban J connectivity index is 2.23. The summed E-state index contributed by atoms with van der Waals surface area (Å²) >= 11 is 1.26. The van der Waals surface area contributed by atoms with E-state index in [9.17, 15) is 9.59 Å². The molecule has 2 aromatic rings. The predicted molar refractivity (Wildman–Crippen MR) is 78.0 cm³/mol. The van der Waals surface area contributed by atoms with Gasteiger partial charge in [-0.3, -0.25) is 4.79 Å². The molecule has 20 heavy (non-hydrogen) atoms. The van der Waals surface area contributed by atoms with Gasteiger partial charge in [0.25, 0.3) is 5.56 Å². The number of aromatic nitrogens is 2. The Morgan fingerprint density at radius 1 is 1.50 bits per heavy atom. The second-order valence-corrected chi connectivity index (χ2v) is 4.81. The van der Waals surface area contributed by atoms with Crippen LogP contribution in [0.5, 0.6) is 0 Å². The number of thioether (sulfide) groups is 1. The minimum Gasteiger partial charge on any atom is -0.466 e. The molecule has 0 amide bonds. The van der Waals surface area contributed by atoms with Crippen molar-refractivity contribution in [1.82, 2.24) is 9.66 Å². The molecular formula is C13H13N3O3S. The van der Waals surface area contributed by atoms with Gasteiger partial charge in [0.15, 0.2) is 5.16 Å². The molecule has 0 radical (unpaired) electrons. The van der Waals surface area contributed by atoms with Crippen LogP contribution < -0.4 is 11.4 Å². The smallest absolute Gasteiger partial charge is 0.330 e. The molecule has 0 atom stereocenters. The summed E-state index contributed by atoms with van der Waals surface area (Å²) in [6.07, 6.45) is 2.94. The Hall–Kier alpha value is -2.28. The van der Waals surface area contributed by atoms with Crippen LogP contribution in [0.3, 0.4) is 0 Å². The van der Waals surface area contributed by atoms with E-state index in [0.717, 1.165) is 4.68 Å². The van der Waals surface area contributed by atoms with Crippen molar-refractivity contribution in [3.8, 4) is 0 Å². The van der Waals surface area contributed by atoms with E-state index < -0.39 is 5.97 Å². The van der Waals surface area contributed by atoms with Crippen LogP contribution in [-0.2, 0) is 9.53 Å². The number of rotatable bonds is 4. The summed E-state index contributed by atoms with van der Waals surface area (Å²) in [6.45, 7) is 0. The van der Waals surface area contributed by atoms with Crippen molar-refractivity contribution in [3.63, 3.8) is 0 Å². The van der Waals surface area contributed by atoms with Crippen LogP contribution in [0.25, 0.3) is 10.9 Å². The van der Waals surface area contributed by atoms with Crippen LogP contribution in [0.1, 0.15) is 0 Å². The third kappa shape index (κ3) is 3.00. The normalized spacial score (nSPS) is 11.1. The molecule has 0 fully saturated rings. The first-order chi connectivity index (χ1) is 9.63. The molecule has 0 saturated carbocycles. The SMILES string of the molecule is COC(=O)C=CCSc1nc2ccccc2c(=O)n1N. The van der Waals surface area contributed by atoms with E-state index in [4.69, 9.17) is 5.84 Å². The van der Waals surface area contributed by atoms with E-state index in [2.05, 4.69) is 9.72 Å². The van der Waals surface area contributed by atoms with Gasteiger partial charge in [0, 0.05) is 11.8 Å². The van der Waals surface area contributed by atoms with Gasteiger partial charge >= 0.3 is 5.97 Å². The number of carbonyl (C=O) groups excluding carboxylic acids is 1. The molecule has 1 aromatic carbocycles. The highest BCUT2D eigenvalue weighted by Crippen LogP contribution is 2.15. The number of fused-ring (bicyclic) bond motifs is 1. The van der Waals surface area contributed by atoms with Crippen LogP contribution in [0.2, 0.25) is 0 Å². The maximum absolute atomic E-state index is 12.0. The second kappa shape index (κ2) is 6.25. The number of ether oxygens (including phenoxy) is 1. The summed E-state index contributed by atoms with van der Waals surface area (Å²) in [5.41, 5.74) is 0.300. The molecule has 0 aliphatic rings. The third-order valence-corrected chi connectivity index (χ3v) is 3.44. The van der Waals surface area contributed by atoms with Gasteiger partial charge in [-0.05, 0) is 12.1 Å². The molecule has 6 nitrogen and oxygen atoms in total. The van der Waals surface area contributed by atoms with E-state index in [-0.39, 0.29) is 5.56 Å².